The number of sulfonamides is 1. The van der Waals surface area contributed by atoms with Gasteiger partial charge in [-0.05, 0) is 34.1 Å². The van der Waals surface area contributed by atoms with Crippen LogP contribution in [0.25, 0.3) is 11.3 Å². The second-order valence-corrected chi connectivity index (χ2v) is 10.4. The van der Waals surface area contributed by atoms with Crippen molar-refractivity contribution in [2.75, 3.05) is 10.0 Å². The summed E-state index contributed by atoms with van der Waals surface area (Å²) in [6.45, 7) is 1.44. The fourth-order valence-electron chi connectivity index (χ4n) is 2.01. The van der Waals surface area contributed by atoms with Gasteiger partial charge in [-0.3, -0.25) is 9.52 Å². The number of benzene rings is 1. The van der Waals surface area contributed by atoms with Crippen molar-refractivity contribution in [1.29, 1.82) is 0 Å². The molecule has 0 aliphatic rings. The number of amides is 1. The highest BCUT2D eigenvalue weighted by molar-refractivity contribution is 9.10. The van der Waals surface area contributed by atoms with E-state index in [-0.39, 0.29) is 15.2 Å². The maximum atomic E-state index is 12.4. The maximum Gasteiger partial charge on any atom is 0.273 e. The molecule has 2 N–H and O–H groups in total. The molecule has 26 heavy (non-hydrogen) atoms. The molecule has 0 fully saturated rings. The molecule has 0 radical (unpaired) electrons. The third-order valence-electron chi connectivity index (χ3n) is 3.11. The molecule has 0 spiro atoms. The van der Waals surface area contributed by atoms with Crippen LogP contribution in [0, 0.1) is 0 Å². The van der Waals surface area contributed by atoms with E-state index < -0.39 is 10.0 Å². The van der Waals surface area contributed by atoms with E-state index in [4.69, 9.17) is 11.6 Å². The number of hydrogen-bond acceptors (Lipinski definition) is 6. The van der Waals surface area contributed by atoms with E-state index >= 15 is 0 Å². The number of carbonyl (C=O) groups excluding carboxylic acids is 1. The summed E-state index contributed by atoms with van der Waals surface area (Å²) in [5, 5.41) is 4.69. The number of carbonyl (C=O) groups is 1. The molecular formula is C15H11BrClN3O3S3. The number of thiazole rings is 1. The van der Waals surface area contributed by atoms with Crippen LogP contribution in [0.1, 0.15) is 6.92 Å². The molecule has 3 rings (SSSR count). The minimum atomic E-state index is -3.75. The Morgan fingerprint density at radius 2 is 1.96 bits per heavy atom. The van der Waals surface area contributed by atoms with Crippen LogP contribution in [0.2, 0.25) is 4.34 Å². The van der Waals surface area contributed by atoms with Crippen molar-refractivity contribution >= 4 is 77.0 Å². The molecule has 0 aliphatic carbocycles. The first-order valence-electron chi connectivity index (χ1n) is 7.06. The Morgan fingerprint density at radius 3 is 2.54 bits per heavy atom. The largest absolute Gasteiger partial charge is 0.326 e. The van der Waals surface area contributed by atoms with Crippen molar-refractivity contribution in [1.82, 2.24) is 4.98 Å². The van der Waals surface area contributed by atoms with Crippen molar-refractivity contribution in [3.05, 3.63) is 44.5 Å². The van der Waals surface area contributed by atoms with Crippen LogP contribution in [0.4, 0.5) is 10.8 Å². The molecule has 3 aromatic rings. The molecule has 1 amide bonds. The number of aromatic nitrogens is 1. The smallest absolute Gasteiger partial charge is 0.273 e. The third-order valence-corrected chi connectivity index (χ3v) is 8.29. The summed E-state index contributed by atoms with van der Waals surface area (Å²) in [6, 6.07) is 8.56. The van der Waals surface area contributed by atoms with Gasteiger partial charge in [0.1, 0.15) is 8.55 Å². The van der Waals surface area contributed by atoms with Gasteiger partial charge in [-0.2, -0.15) is 0 Å². The fraction of sp³-hybridized carbons (Fsp3) is 0.0667. The third kappa shape index (κ3) is 4.44. The Bertz CT molecular complexity index is 1040. The summed E-state index contributed by atoms with van der Waals surface area (Å²) in [6.07, 6.45) is 0. The second-order valence-electron chi connectivity index (χ2n) is 5.09. The molecule has 0 saturated heterocycles. The standard InChI is InChI=1S/C15H11BrClN3O3S3/c1-8(21)18-10-4-2-9(3-5-10)12-7-24-15(19-12)20-26(22,23)13-6-11(16)14(17)25-13/h2-7H,1H3,(H,18,21)(H,19,20). The van der Waals surface area contributed by atoms with Gasteiger partial charge in [-0.1, -0.05) is 23.7 Å². The van der Waals surface area contributed by atoms with Gasteiger partial charge in [0.05, 0.1) is 5.69 Å². The lowest BCUT2D eigenvalue weighted by atomic mass is 10.1. The fourth-order valence-corrected chi connectivity index (χ4v) is 6.28. The monoisotopic (exact) mass is 491 g/mol. The SMILES string of the molecule is CC(=O)Nc1ccc(-c2csc(NS(=O)(=O)c3cc(Br)c(Cl)s3)n2)cc1. The zero-order valence-corrected chi connectivity index (χ0v) is 17.9. The molecular weight excluding hydrogens is 482 g/mol. The Morgan fingerprint density at radius 1 is 1.27 bits per heavy atom. The van der Waals surface area contributed by atoms with Crippen LogP contribution >= 0.6 is 50.2 Å². The molecule has 0 unspecified atom stereocenters. The lowest BCUT2D eigenvalue weighted by molar-refractivity contribution is -0.114. The topological polar surface area (TPSA) is 88.2 Å². The molecule has 6 nitrogen and oxygen atoms in total. The normalized spacial score (nSPS) is 11.3. The van der Waals surface area contributed by atoms with Crippen LogP contribution < -0.4 is 10.0 Å². The number of anilines is 2. The van der Waals surface area contributed by atoms with Gasteiger partial charge in [0, 0.05) is 28.0 Å². The van der Waals surface area contributed by atoms with Gasteiger partial charge in [0.2, 0.25) is 5.91 Å². The van der Waals surface area contributed by atoms with Crippen LogP contribution in [0.15, 0.2) is 44.4 Å². The number of halogens is 2. The van der Waals surface area contributed by atoms with Gasteiger partial charge >= 0.3 is 0 Å². The molecule has 1 aromatic carbocycles. The second kappa shape index (κ2) is 7.65. The number of hydrogen-bond donors (Lipinski definition) is 2. The Kier molecular flexibility index (Phi) is 5.68. The molecule has 2 aromatic heterocycles. The highest BCUT2D eigenvalue weighted by atomic mass is 79.9. The molecule has 0 atom stereocenters. The van der Waals surface area contributed by atoms with Crippen molar-refractivity contribution < 1.29 is 13.2 Å². The van der Waals surface area contributed by atoms with E-state index in [0.717, 1.165) is 16.9 Å². The summed E-state index contributed by atoms with van der Waals surface area (Å²) in [5.41, 5.74) is 2.12. The van der Waals surface area contributed by atoms with Crippen LogP contribution in [-0.4, -0.2) is 19.3 Å². The molecule has 11 heteroatoms. The molecule has 0 saturated carbocycles. The molecule has 2 heterocycles. The summed E-state index contributed by atoms with van der Waals surface area (Å²) >= 11 is 11.2. The van der Waals surface area contributed by atoms with Crippen molar-refractivity contribution in [3.8, 4) is 11.3 Å². The Balaban J connectivity index is 1.78. The van der Waals surface area contributed by atoms with E-state index in [9.17, 15) is 13.2 Å². The predicted octanol–water partition coefficient (Wildman–Crippen LogP) is 5.05. The van der Waals surface area contributed by atoms with E-state index in [1.807, 2.05) is 0 Å². The first kappa shape index (κ1) is 19.3. The average molecular weight is 493 g/mol. The Hall–Kier alpha value is -1.46. The van der Waals surface area contributed by atoms with Crippen molar-refractivity contribution in [2.24, 2.45) is 0 Å². The quantitative estimate of drug-likeness (QED) is 0.522. The highest BCUT2D eigenvalue weighted by Crippen LogP contribution is 2.36. The van der Waals surface area contributed by atoms with E-state index in [1.165, 1.54) is 24.3 Å². The summed E-state index contributed by atoms with van der Waals surface area (Å²) in [5.74, 6) is -0.150. The van der Waals surface area contributed by atoms with Gasteiger partial charge < -0.3 is 5.32 Å². The van der Waals surface area contributed by atoms with Gasteiger partial charge in [0.25, 0.3) is 10.0 Å². The number of nitrogens with one attached hydrogen (secondary N) is 2. The van der Waals surface area contributed by atoms with E-state index in [1.54, 1.807) is 29.6 Å². The van der Waals surface area contributed by atoms with Crippen molar-refractivity contribution in [2.45, 2.75) is 11.1 Å². The molecule has 136 valence electrons. The van der Waals surface area contributed by atoms with Crippen LogP contribution in [-0.2, 0) is 14.8 Å². The lowest BCUT2D eigenvalue weighted by Gasteiger charge is -2.03. The van der Waals surface area contributed by atoms with Gasteiger partial charge in [0.15, 0.2) is 5.13 Å². The number of nitrogens with zero attached hydrogens (tertiary/aromatic N) is 1. The minimum Gasteiger partial charge on any atom is -0.326 e. The maximum absolute atomic E-state index is 12.4. The number of thiophene rings is 1. The lowest BCUT2D eigenvalue weighted by Crippen LogP contribution is -2.11. The average Bonchev–Trinajstić information content (AvgIpc) is 3.15. The minimum absolute atomic E-state index is 0.103. The summed E-state index contributed by atoms with van der Waals surface area (Å²) in [7, 11) is -3.75. The number of rotatable bonds is 5. The van der Waals surface area contributed by atoms with E-state index in [2.05, 4.69) is 31.0 Å². The summed E-state index contributed by atoms with van der Waals surface area (Å²) < 4.78 is 28.3. The summed E-state index contributed by atoms with van der Waals surface area (Å²) in [4.78, 5) is 15.4. The van der Waals surface area contributed by atoms with Crippen LogP contribution in [0.5, 0.6) is 0 Å². The van der Waals surface area contributed by atoms with Gasteiger partial charge in [-0.15, -0.1) is 22.7 Å². The highest BCUT2D eigenvalue weighted by Gasteiger charge is 2.20. The molecule has 0 aliphatic heterocycles. The predicted molar refractivity (Wildman–Crippen MR) is 110 cm³/mol. The first-order valence-corrected chi connectivity index (χ1v) is 11.4. The first-order chi connectivity index (χ1) is 12.2. The molecule has 0 bridgehead atoms. The van der Waals surface area contributed by atoms with Crippen molar-refractivity contribution in [3.63, 3.8) is 0 Å². The zero-order chi connectivity index (χ0) is 18.9. The van der Waals surface area contributed by atoms with Crippen LogP contribution in [0.3, 0.4) is 0 Å². The zero-order valence-electron chi connectivity index (χ0n) is 13.1. The Labute approximate surface area is 171 Å². The van der Waals surface area contributed by atoms with E-state index in [0.29, 0.717) is 20.2 Å². The van der Waals surface area contributed by atoms with Gasteiger partial charge in [-0.25, -0.2) is 13.4 Å².